The van der Waals surface area contributed by atoms with E-state index in [4.69, 9.17) is 5.73 Å². The molecule has 2 nitrogen and oxygen atoms in total. The summed E-state index contributed by atoms with van der Waals surface area (Å²) in [4.78, 5) is 0. The standard InChI is InChI=1S/C11H14BrNO/c12-9-6-8(4-5-10(9)14)11(13)7-2-1-3-7/h4-7,11,14H,1-3,13H2/t11-/m1/s1. The Bertz CT molecular complexity index is 336. The van der Waals surface area contributed by atoms with Gasteiger partial charge in [0.05, 0.1) is 4.47 Å². The molecule has 1 aromatic rings. The van der Waals surface area contributed by atoms with Gasteiger partial charge in [0.1, 0.15) is 5.75 Å². The molecule has 0 saturated heterocycles. The number of phenolic OH excluding ortho intramolecular Hbond substituents is 1. The monoisotopic (exact) mass is 255 g/mol. The summed E-state index contributed by atoms with van der Waals surface area (Å²) in [5.41, 5.74) is 7.23. The number of hydrogen-bond donors (Lipinski definition) is 2. The van der Waals surface area contributed by atoms with Crippen molar-refractivity contribution in [2.24, 2.45) is 11.7 Å². The average Bonchev–Trinajstić information content (AvgIpc) is 2.06. The van der Waals surface area contributed by atoms with Gasteiger partial charge in [0.25, 0.3) is 0 Å². The van der Waals surface area contributed by atoms with Crippen LogP contribution in [0, 0.1) is 5.92 Å². The van der Waals surface area contributed by atoms with E-state index in [2.05, 4.69) is 15.9 Å². The Morgan fingerprint density at radius 3 is 2.64 bits per heavy atom. The van der Waals surface area contributed by atoms with Crippen LogP contribution in [0.5, 0.6) is 5.75 Å². The number of rotatable bonds is 2. The van der Waals surface area contributed by atoms with Crippen LogP contribution in [-0.2, 0) is 0 Å². The molecule has 0 spiro atoms. The zero-order chi connectivity index (χ0) is 10.1. The smallest absolute Gasteiger partial charge is 0.129 e. The lowest BCUT2D eigenvalue weighted by atomic mass is 9.78. The molecule has 0 aromatic heterocycles. The van der Waals surface area contributed by atoms with E-state index in [1.807, 2.05) is 12.1 Å². The fraction of sp³-hybridized carbons (Fsp3) is 0.455. The van der Waals surface area contributed by atoms with Crippen LogP contribution in [0.2, 0.25) is 0 Å². The van der Waals surface area contributed by atoms with Crippen molar-refractivity contribution in [3.8, 4) is 5.75 Å². The van der Waals surface area contributed by atoms with E-state index in [1.165, 1.54) is 19.3 Å². The zero-order valence-corrected chi connectivity index (χ0v) is 9.50. The number of aromatic hydroxyl groups is 1. The molecule has 76 valence electrons. The van der Waals surface area contributed by atoms with Gasteiger partial charge < -0.3 is 10.8 Å². The summed E-state index contributed by atoms with van der Waals surface area (Å²) in [6.45, 7) is 0. The lowest BCUT2D eigenvalue weighted by molar-refractivity contribution is 0.264. The third-order valence-corrected chi connectivity index (χ3v) is 3.65. The summed E-state index contributed by atoms with van der Waals surface area (Å²) >= 11 is 3.30. The first-order valence-electron chi connectivity index (χ1n) is 4.92. The van der Waals surface area contributed by atoms with Crippen molar-refractivity contribution in [2.75, 3.05) is 0 Å². The summed E-state index contributed by atoms with van der Waals surface area (Å²) in [6.07, 6.45) is 3.77. The van der Waals surface area contributed by atoms with E-state index in [1.54, 1.807) is 6.07 Å². The van der Waals surface area contributed by atoms with Crippen molar-refractivity contribution in [1.29, 1.82) is 0 Å². The quantitative estimate of drug-likeness (QED) is 0.854. The first-order chi connectivity index (χ1) is 6.68. The number of benzene rings is 1. The van der Waals surface area contributed by atoms with Crippen molar-refractivity contribution >= 4 is 15.9 Å². The predicted octanol–water partition coefficient (Wildman–Crippen LogP) is 2.95. The normalized spacial score (nSPS) is 19.0. The van der Waals surface area contributed by atoms with Gasteiger partial charge in [-0.1, -0.05) is 12.5 Å². The summed E-state index contributed by atoms with van der Waals surface area (Å²) in [5.74, 6) is 0.904. The van der Waals surface area contributed by atoms with E-state index in [-0.39, 0.29) is 11.8 Å². The first kappa shape index (κ1) is 9.99. The average molecular weight is 256 g/mol. The molecule has 3 heteroatoms. The van der Waals surface area contributed by atoms with E-state index in [0.717, 1.165) is 10.0 Å². The maximum atomic E-state index is 9.35. The van der Waals surface area contributed by atoms with Crippen LogP contribution in [0.3, 0.4) is 0 Å². The van der Waals surface area contributed by atoms with Crippen LogP contribution in [0.1, 0.15) is 30.9 Å². The van der Waals surface area contributed by atoms with Gasteiger partial charge in [-0.15, -0.1) is 0 Å². The molecule has 0 bridgehead atoms. The highest BCUT2D eigenvalue weighted by molar-refractivity contribution is 9.10. The topological polar surface area (TPSA) is 46.2 Å². The van der Waals surface area contributed by atoms with Crippen LogP contribution in [-0.4, -0.2) is 5.11 Å². The first-order valence-corrected chi connectivity index (χ1v) is 5.72. The second kappa shape index (κ2) is 3.91. The van der Waals surface area contributed by atoms with E-state index >= 15 is 0 Å². The van der Waals surface area contributed by atoms with E-state index in [9.17, 15) is 5.11 Å². The Morgan fingerprint density at radius 1 is 1.43 bits per heavy atom. The molecule has 1 aliphatic rings. The molecule has 1 saturated carbocycles. The highest BCUT2D eigenvalue weighted by Crippen LogP contribution is 2.37. The maximum Gasteiger partial charge on any atom is 0.129 e. The van der Waals surface area contributed by atoms with Crippen LogP contribution in [0.25, 0.3) is 0 Å². The van der Waals surface area contributed by atoms with Gasteiger partial charge in [-0.25, -0.2) is 0 Å². The lowest BCUT2D eigenvalue weighted by Crippen LogP contribution is -2.26. The molecule has 0 aliphatic heterocycles. The summed E-state index contributed by atoms with van der Waals surface area (Å²) in [6, 6.07) is 5.64. The minimum Gasteiger partial charge on any atom is -0.507 e. The highest BCUT2D eigenvalue weighted by Gasteiger charge is 2.25. The Hall–Kier alpha value is -0.540. The van der Waals surface area contributed by atoms with Gasteiger partial charge in [-0.3, -0.25) is 0 Å². The Morgan fingerprint density at radius 2 is 2.14 bits per heavy atom. The van der Waals surface area contributed by atoms with Gasteiger partial charge in [0.15, 0.2) is 0 Å². The van der Waals surface area contributed by atoms with Gasteiger partial charge in [0, 0.05) is 6.04 Å². The maximum absolute atomic E-state index is 9.35. The molecular weight excluding hydrogens is 242 g/mol. The fourth-order valence-electron chi connectivity index (χ4n) is 1.80. The van der Waals surface area contributed by atoms with Gasteiger partial charge >= 0.3 is 0 Å². The molecule has 14 heavy (non-hydrogen) atoms. The van der Waals surface area contributed by atoms with E-state index < -0.39 is 0 Å². The fourth-order valence-corrected chi connectivity index (χ4v) is 2.20. The SMILES string of the molecule is N[C@@H](c1ccc(O)c(Br)c1)C1CCC1. The Kier molecular flexibility index (Phi) is 2.79. The Labute approximate surface area is 92.3 Å². The molecular formula is C11H14BrNO. The highest BCUT2D eigenvalue weighted by atomic mass is 79.9. The molecule has 1 fully saturated rings. The van der Waals surface area contributed by atoms with Crippen LogP contribution in [0.15, 0.2) is 22.7 Å². The van der Waals surface area contributed by atoms with Crippen molar-refractivity contribution in [2.45, 2.75) is 25.3 Å². The molecule has 0 amide bonds. The summed E-state index contributed by atoms with van der Waals surface area (Å²) in [7, 11) is 0. The molecule has 1 aliphatic carbocycles. The molecule has 0 radical (unpaired) electrons. The molecule has 0 heterocycles. The molecule has 1 aromatic carbocycles. The van der Waals surface area contributed by atoms with Crippen LogP contribution >= 0.6 is 15.9 Å². The largest absolute Gasteiger partial charge is 0.507 e. The van der Waals surface area contributed by atoms with E-state index in [0.29, 0.717) is 5.92 Å². The molecule has 3 N–H and O–H groups in total. The molecule has 2 rings (SSSR count). The third kappa shape index (κ3) is 1.79. The minimum absolute atomic E-state index is 0.126. The Balaban J connectivity index is 2.18. The van der Waals surface area contributed by atoms with Crippen molar-refractivity contribution in [3.63, 3.8) is 0 Å². The van der Waals surface area contributed by atoms with Crippen molar-refractivity contribution in [3.05, 3.63) is 28.2 Å². The lowest BCUT2D eigenvalue weighted by Gasteiger charge is -2.31. The molecule has 1 atom stereocenters. The number of nitrogens with two attached hydrogens (primary N) is 1. The van der Waals surface area contributed by atoms with Gasteiger partial charge in [-0.2, -0.15) is 0 Å². The molecule has 0 unspecified atom stereocenters. The van der Waals surface area contributed by atoms with Crippen molar-refractivity contribution < 1.29 is 5.11 Å². The third-order valence-electron chi connectivity index (χ3n) is 3.01. The number of halogens is 1. The predicted molar refractivity (Wildman–Crippen MR) is 60.1 cm³/mol. The van der Waals surface area contributed by atoms with Crippen LogP contribution < -0.4 is 5.73 Å². The van der Waals surface area contributed by atoms with Gasteiger partial charge in [0.2, 0.25) is 0 Å². The van der Waals surface area contributed by atoms with Crippen molar-refractivity contribution in [1.82, 2.24) is 0 Å². The number of hydrogen-bond acceptors (Lipinski definition) is 2. The van der Waals surface area contributed by atoms with Gasteiger partial charge in [-0.05, 0) is 52.4 Å². The summed E-state index contributed by atoms with van der Waals surface area (Å²) in [5, 5.41) is 9.35. The van der Waals surface area contributed by atoms with Crippen LogP contribution in [0.4, 0.5) is 0 Å². The second-order valence-corrected chi connectivity index (χ2v) is 4.78. The number of phenols is 1. The zero-order valence-electron chi connectivity index (χ0n) is 7.91. The summed E-state index contributed by atoms with van der Waals surface area (Å²) < 4.78 is 0.727. The second-order valence-electron chi connectivity index (χ2n) is 3.93. The minimum atomic E-state index is 0.126.